The third-order valence-electron chi connectivity index (χ3n) is 2.84. The Morgan fingerprint density at radius 2 is 2.07 bits per heavy atom. The van der Waals surface area contributed by atoms with Crippen molar-refractivity contribution in [1.29, 1.82) is 0 Å². The Morgan fingerprint density at radius 3 is 2.60 bits per heavy atom. The van der Waals surface area contributed by atoms with Gasteiger partial charge in [-0.05, 0) is 31.1 Å². The fraction of sp³-hybridized carbons (Fsp3) is 0.818. The van der Waals surface area contributed by atoms with E-state index < -0.39 is 5.97 Å². The summed E-state index contributed by atoms with van der Waals surface area (Å²) in [6, 6.07) is 0. The summed E-state index contributed by atoms with van der Waals surface area (Å²) in [7, 11) is 0. The average Bonchev–Trinajstić information content (AvgIpc) is 2.96. The zero-order valence-corrected chi connectivity index (χ0v) is 9.16. The van der Waals surface area contributed by atoms with Crippen molar-refractivity contribution in [3.63, 3.8) is 0 Å². The van der Waals surface area contributed by atoms with E-state index in [2.05, 4.69) is 12.2 Å². The summed E-state index contributed by atoms with van der Waals surface area (Å²) >= 11 is 0. The average molecular weight is 213 g/mol. The maximum atomic E-state index is 11.3. The SMILES string of the molecule is CC(CNC(=O)CCCC(=O)O)C1CC1. The number of carboxylic acids is 1. The second kappa shape index (κ2) is 5.73. The quantitative estimate of drug-likeness (QED) is 0.671. The molecular weight excluding hydrogens is 194 g/mol. The van der Waals surface area contributed by atoms with Crippen LogP contribution in [0.4, 0.5) is 0 Å². The molecule has 0 saturated heterocycles. The molecular formula is C11H19NO3. The molecule has 1 atom stereocenters. The van der Waals surface area contributed by atoms with Crippen LogP contribution in [0.3, 0.4) is 0 Å². The molecule has 1 aliphatic rings. The van der Waals surface area contributed by atoms with Gasteiger partial charge in [-0.25, -0.2) is 0 Å². The van der Waals surface area contributed by atoms with Gasteiger partial charge in [-0.3, -0.25) is 9.59 Å². The molecule has 0 bridgehead atoms. The smallest absolute Gasteiger partial charge is 0.303 e. The van der Waals surface area contributed by atoms with Crippen molar-refractivity contribution in [3.05, 3.63) is 0 Å². The lowest BCUT2D eigenvalue weighted by atomic mass is 10.1. The molecule has 15 heavy (non-hydrogen) atoms. The zero-order chi connectivity index (χ0) is 11.3. The van der Waals surface area contributed by atoms with E-state index >= 15 is 0 Å². The van der Waals surface area contributed by atoms with Gasteiger partial charge < -0.3 is 10.4 Å². The molecule has 86 valence electrons. The summed E-state index contributed by atoms with van der Waals surface area (Å²) in [5, 5.41) is 11.2. The summed E-state index contributed by atoms with van der Waals surface area (Å²) in [6.07, 6.45) is 3.40. The van der Waals surface area contributed by atoms with Crippen molar-refractivity contribution in [2.24, 2.45) is 11.8 Å². The van der Waals surface area contributed by atoms with Crippen LogP contribution in [0.25, 0.3) is 0 Å². The van der Waals surface area contributed by atoms with Crippen LogP contribution in [-0.2, 0) is 9.59 Å². The maximum absolute atomic E-state index is 11.3. The summed E-state index contributed by atoms with van der Waals surface area (Å²) < 4.78 is 0. The number of rotatable bonds is 7. The van der Waals surface area contributed by atoms with Crippen LogP contribution in [0.1, 0.15) is 39.0 Å². The highest BCUT2D eigenvalue weighted by atomic mass is 16.4. The third-order valence-corrected chi connectivity index (χ3v) is 2.84. The largest absolute Gasteiger partial charge is 0.481 e. The van der Waals surface area contributed by atoms with Gasteiger partial charge in [0.2, 0.25) is 5.91 Å². The first kappa shape index (κ1) is 12.0. The van der Waals surface area contributed by atoms with Crippen LogP contribution in [0.5, 0.6) is 0 Å². The minimum absolute atomic E-state index is 0.0243. The molecule has 0 aromatic heterocycles. The standard InChI is InChI=1S/C11H19NO3/c1-8(9-5-6-9)7-12-10(13)3-2-4-11(14)15/h8-9H,2-7H2,1H3,(H,12,13)(H,14,15). The first-order chi connectivity index (χ1) is 7.09. The molecule has 1 unspecified atom stereocenters. The van der Waals surface area contributed by atoms with Crippen LogP contribution >= 0.6 is 0 Å². The van der Waals surface area contributed by atoms with Crippen molar-refractivity contribution >= 4 is 11.9 Å². The molecule has 0 aromatic carbocycles. The van der Waals surface area contributed by atoms with Crippen molar-refractivity contribution in [2.75, 3.05) is 6.54 Å². The zero-order valence-electron chi connectivity index (χ0n) is 9.16. The Labute approximate surface area is 90.0 Å². The van der Waals surface area contributed by atoms with E-state index in [1.807, 2.05) is 0 Å². The Balaban J connectivity index is 2.00. The van der Waals surface area contributed by atoms with E-state index in [1.165, 1.54) is 12.8 Å². The number of nitrogens with one attached hydrogen (secondary N) is 1. The molecule has 0 spiro atoms. The van der Waals surface area contributed by atoms with E-state index in [0.717, 1.165) is 12.5 Å². The molecule has 2 N–H and O–H groups in total. The minimum Gasteiger partial charge on any atom is -0.481 e. The highest BCUT2D eigenvalue weighted by Crippen LogP contribution is 2.35. The molecule has 4 nitrogen and oxygen atoms in total. The number of carbonyl (C=O) groups excluding carboxylic acids is 1. The summed E-state index contributed by atoms with van der Waals surface area (Å²) in [6.45, 7) is 2.88. The Morgan fingerprint density at radius 1 is 1.40 bits per heavy atom. The van der Waals surface area contributed by atoms with Crippen molar-refractivity contribution < 1.29 is 14.7 Å². The molecule has 0 aliphatic heterocycles. The predicted octanol–water partition coefficient (Wildman–Crippen LogP) is 1.40. The van der Waals surface area contributed by atoms with E-state index in [-0.39, 0.29) is 12.3 Å². The monoisotopic (exact) mass is 213 g/mol. The van der Waals surface area contributed by atoms with Gasteiger partial charge >= 0.3 is 5.97 Å². The van der Waals surface area contributed by atoms with Gasteiger partial charge in [-0.15, -0.1) is 0 Å². The molecule has 0 heterocycles. The van der Waals surface area contributed by atoms with E-state index in [9.17, 15) is 9.59 Å². The van der Waals surface area contributed by atoms with Gasteiger partial charge in [-0.1, -0.05) is 6.92 Å². The molecule has 0 aromatic rings. The number of carbonyl (C=O) groups is 2. The Bertz CT molecular complexity index is 236. The first-order valence-electron chi connectivity index (χ1n) is 5.58. The molecule has 4 heteroatoms. The maximum Gasteiger partial charge on any atom is 0.303 e. The summed E-state index contributed by atoms with van der Waals surface area (Å²) in [4.78, 5) is 21.5. The number of carboxylic acid groups (broad SMARTS) is 1. The Kier molecular flexibility index (Phi) is 4.59. The number of hydrogen-bond donors (Lipinski definition) is 2. The van der Waals surface area contributed by atoms with Crippen LogP contribution in [0, 0.1) is 11.8 Å². The van der Waals surface area contributed by atoms with Crippen LogP contribution in [0.15, 0.2) is 0 Å². The Hall–Kier alpha value is -1.06. The van der Waals surface area contributed by atoms with Crippen molar-refractivity contribution in [3.8, 4) is 0 Å². The van der Waals surface area contributed by atoms with Gasteiger partial charge in [0.05, 0.1) is 0 Å². The first-order valence-corrected chi connectivity index (χ1v) is 5.58. The fourth-order valence-electron chi connectivity index (χ4n) is 1.60. The van der Waals surface area contributed by atoms with Crippen LogP contribution in [-0.4, -0.2) is 23.5 Å². The van der Waals surface area contributed by atoms with Crippen molar-refractivity contribution in [1.82, 2.24) is 5.32 Å². The van der Waals surface area contributed by atoms with Crippen molar-refractivity contribution in [2.45, 2.75) is 39.0 Å². The van der Waals surface area contributed by atoms with Gasteiger partial charge in [0.25, 0.3) is 0 Å². The van der Waals surface area contributed by atoms with Crippen LogP contribution < -0.4 is 5.32 Å². The summed E-state index contributed by atoms with van der Waals surface area (Å²) in [5.74, 6) is 0.496. The highest BCUT2D eigenvalue weighted by molar-refractivity contribution is 5.76. The molecule has 1 aliphatic carbocycles. The van der Waals surface area contributed by atoms with Gasteiger partial charge in [0.1, 0.15) is 0 Å². The number of aliphatic carboxylic acids is 1. The molecule has 1 saturated carbocycles. The predicted molar refractivity (Wildman–Crippen MR) is 56.4 cm³/mol. The number of hydrogen-bond acceptors (Lipinski definition) is 2. The third kappa shape index (κ3) is 5.40. The lowest BCUT2D eigenvalue weighted by Gasteiger charge is -2.10. The molecule has 1 fully saturated rings. The highest BCUT2D eigenvalue weighted by Gasteiger charge is 2.27. The van der Waals surface area contributed by atoms with E-state index in [0.29, 0.717) is 18.8 Å². The molecule has 1 rings (SSSR count). The van der Waals surface area contributed by atoms with E-state index in [1.54, 1.807) is 0 Å². The van der Waals surface area contributed by atoms with Crippen LogP contribution in [0.2, 0.25) is 0 Å². The number of amides is 1. The lowest BCUT2D eigenvalue weighted by Crippen LogP contribution is -2.28. The van der Waals surface area contributed by atoms with Gasteiger partial charge in [0.15, 0.2) is 0 Å². The lowest BCUT2D eigenvalue weighted by molar-refractivity contribution is -0.137. The molecule has 0 radical (unpaired) electrons. The topological polar surface area (TPSA) is 66.4 Å². The van der Waals surface area contributed by atoms with Gasteiger partial charge in [0, 0.05) is 19.4 Å². The normalized spacial score (nSPS) is 17.1. The fourth-order valence-corrected chi connectivity index (χ4v) is 1.60. The summed E-state index contributed by atoms with van der Waals surface area (Å²) in [5.41, 5.74) is 0. The second-order valence-electron chi connectivity index (χ2n) is 4.37. The van der Waals surface area contributed by atoms with E-state index in [4.69, 9.17) is 5.11 Å². The minimum atomic E-state index is -0.839. The molecule has 1 amide bonds. The second-order valence-corrected chi connectivity index (χ2v) is 4.37. The van der Waals surface area contributed by atoms with Gasteiger partial charge in [-0.2, -0.15) is 0 Å².